The average Bonchev–Trinajstić information content (AvgIpc) is 3.01. The molecule has 26 heavy (non-hydrogen) atoms. The van der Waals surface area contributed by atoms with Gasteiger partial charge < -0.3 is 10.2 Å². The Hall–Kier alpha value is -2.50. The zero-order chi connectivity index (χ0) is 18.5. The molecule has 0 saturated heterocycles. The summed E-state index contributed by atoms with van der Waals surface area (Å²) in [5.41, 5.74) is 5.84. The molecule has 3 aromatic rings. The first-order chi connectivity index (χ1) is 12.5. The van der Waals surface area contributed by atoms with Gasteiger partial charge in [-0.1, -0.05) is 29.8 Å². The van der Waals surface area contributed by atoms with E-state index in [1.165, 1.54) is 16.7 Å². The average molecular weight is 349 g/mol. The lowest BCUT2D eigenvalue weighted by Gasteiger charge is -2.25. The van der Waals surface area contributed by atoms with Crippen molar-refractivity contribution in [3.05, 3.63) is 71.7 Å². The van der Waals surface area contributed by atoms with Gasteiger partial charge in [0.2, 0.25) is 0 Å². The van der Waals surface area contributed by atoms with Crippen molar-refractivity contribution in [1.82, 2.24) is 25.0 Å². The van der Waals surface area contributed by atoms with Crippen LogP contribution in [0.5, 0.6) is 0 Å². The molecule has 0 saturated carbocycles. The summed E-state index contributed by atoms with van der Waals surface area (Å²) < 4.78 is 1.86. The number of nitrogens with zero attached hydrogens (tertiary/aromatic N) is 4. The quantitative estimate of drug-likeness (QED) is 0.712. The minimum absolute atomic E-state index is 0.328. The second-order valence-electron chi connectivity index (χ2n) is 6.94. The maximum Gasteiger partial charge on any atom is 0.0983 e. The molecule has 3 rings (SSSR count). The third-order valence-corrected chi connectivity index (χ3v) is 4.58. The molecular formula is C21H27N5. The Morgan fingerprint density at radius 3 is 2.58 bits per heavy atom. The molecule has 0 amide bonds. The molecule has 0 unspecified atom stereocenters. The summed E-state index contributed by atoms with van der Waals surface area (Å²) in [5.74, 6) is 0. The van der Waals surface area contributed by atoms with Crippen LogP contribution in [-0.2, 0) is 13.6 Å². The maximum atomic E-state index is 4.61. The first kappa shape index (κ1) is 18.3. The van der Waals surface area contributed by atoms with E-state index in [0.29, 0.717) is 6.04 Å². The largest absolute Gasteiger partial charge is 0.311 e. The fraction of sp³-hybridized carbons (Fsp3) is 0.333. The van der Waals surface area contributed by atoms with E-state index < -0.39 is 0 Å². The standard InChI is InChI=1S/C21H27N5/c1-16-7-9-17(10-8-16)20(25(2)3)14-23-13-19-15-26(4)24-21(19)18-6-5-11-22-12-18/h5-12,15,20,23H,13-14H2,1-4H3/t20-/m0/s1. The van der Waals surface area contributed by atoms with Crippen LogP contribution in [0.2, 0.25) is 0 Å². The number of pyridine rings is 1. The number of aryl methyl sites for hydroxylation is 2. The van der Waals surface area contributed by atoms with Crippen molar-refractivity contribution in [2.24, 2.45) is 7.05 Å². The SMILES string of the molecule is Cc1ccc([C@H](CNCc2cn(C)nc2-c2cccnc2)N(C)C)cc1. The number of hydrogen-bond acceptors (Lipinski definition) is 4. The third kappa shape index (κ3) is 4.36. The molecule has 0 fully saturated rings. The number of likely N-dealkylation sites (N-methyl/N-ethyl adjacent to an activating group) is 1. The zero-order valence-corrected chi connectivity index (χ0v) is 16.0. The Morgan fingerprint density at radius 2 is 1.92 bits per heavy atom. The molecule has 2 heterocycles. The lowest BCUT2D eigenvalue weighted by atomic mass is 10.0. The Bertz CT molecular complexity index is 821. The monoisotopic (exact) mass is 349 g/mol. The predicted octanol–water partition coefficient (Wildman–Crippen LogP) is 3.18. The molecular weight excluding hydrogens is 322 g/mol. The summed E-state index contributed by atoms with van der Waals surface area (Å²) in [7, 11) is 6.20. The van der Waals surface area contributed by atoms with E-state index in [4.69, 9.17) is 0 Å². The molecule has 0 bridgehead atoms. The Morgan fingerprint density at radius 1 is 1.15 bits per heavy atom. The van der Waals surface area contributed by atoms with Crippen LogP contribution in [-0.4, -0.2) is 40.3 Å². The molecule has 5 heteroatoms. The summed E-state index contributed by atoms with van der Waals surface area (Å²) in [6, 6.07) is 13.1. The van der Waals surface area contributed by atoms with Crippen LogP contribution in [0, 0.1) is 6.92 Å². The maximum absolute atomic E-state index is 4.61. The molecule has 0 spiro atoms. The number of benzene rings is 1. The van der Waals surface area contributed by atoms with Gasteiger partial charge in [-0.2, -0.15) is 5.10 Å². The van der Waals surface area contributed by atoms with Crippen LogP contribution in [0.25, 0.3) is 11.3 Å². The van der Waals surface area contributed by atoms with Crippen molar-refractivity contribution in [2.45, 2.75) is 19.5 Å². The Labute approximate surface area is 155 Å². The van der Waals surface area contributed by atoms with Gasteiger partial charge in [0.1, 0.15) is 0 Å². The van der Waals surface area contributed by atoms with Gasteiger partial charge in [-0.3, -0.25) is 9.67 Å². The van der Waals surface area contributed by atoms with Crippen LogP contribution in [0.15, 0.2) is 55.0 Å². The van der Waals surface area contributed by atoms with Crippen molar-refractivity contribution < 1.29 is 0 Å². The highest BCUT2D eigenvalue weighted by Gasteiger charge is 2.15. The lowest BCUT2D eigenvalue weighted by Crippen LogP contribution is -2.30. The fourth-order valence-corrected chi connectivity index (χ4v) is 3.14. The van der Waals surface area contributed by atoms with Gasteiger partial charge in [-0.05, 0) is 38.7 Å². The normalized spacial score (nSPS) is 12.5. The summed E-state index contributed by atoms with van der Waals surface area (Å²) in [6.45, 7) is 3.76. The number of hydrogen-bond donors (Lipinski definition) is 1. The van der Waals surface area contributed by atoms with E-state index >= 15 is 0 Å². The number of rotatable bonds is 7. The van der Waals surface area contributed by atoms with E-state index in [-0.39, 0.29) is 0 Å². The highest BCUT2D eigenvalue weighted by atomic mass is 15.3. The molecule has 1 aromatic carbocycles. The molecule has 0 radical (unpaired) electrons. The summed E-state index contributed by atoms with van der Waals surface area (Å²) in [5, 5.41) is 8.21. The molecule has 0 aliphatic carbocycles. The van der Waals surface area contributed by atoms with E-state index in [1.807, 2.05) is 30.1 Å². The first-order valence-electron chi connectivity index (χ1n) is 8.91. The van der Waals surface area contributed by atoms with Gasteiger partial charge in [0.05, 0.1) is 5.69 Å². The van der Waals surface area contributed by atoms with Crippen LogP contribution in [0.3, 0.4) is 0 Å². The van der Waals surface area contributed by atoms with Crippen LogP contribution < -0.4 is 5.32 Å². The molecule has 136 valence electrons. The van der Waals surface area contributed by atoms with Gasteiger partial charge in [0.15, 0.2) is 0 Å². The van der Waals surface area contributed by atoms with Gasteiger partial charge in [0, 0.05) is 55.9 Å². The number of nitrogens with one attached hydrogen (secondary N) is 1. The lowest BCUT2D eigenvalue weighted by molar-refractivity contribution is 0.288. The molecule has 0 aliphatic rings. The van der Waals surface area contributed by atoms with Crippen LogP contribution in [0.4, 0.5) is 0 Å². The summed E-state index contributed by atoms with van der Waals surface area (Å²) in [6.07, 6.45) is 5.72. The minimum Gasteiger partial charge on any atom is -0.311 e. The molecule has 2 aromatic heterocycles. The van der Waals surface area contributed by atoms with Crippen LogP contribution >= 0.6 is 0 Å². The van der Waals surface area contributed by atoms with E-state index in [0.717, 1.165) is 24.3 Å². The van der Waals surface area contributed by atoms with Gasteiger partial charge >= 0.3 is 0 Å². The van der Waals surface area contributed by atoms with E-state index in [2.05, 4.69) is 71.8 Å². The molecule has 1 atom stereocenters. The van der Waals surface area contributed by atoms with Crippen molar-refractivity contribution >= 4 is 0 Å². The third-order valence-electron chi connectivity index (χ3n) is 4.58. The van der Waals surface area contributed by atoms with Gasteiger partial charge in [-0.15, -0.1) is 0 Å². The number of aromatic nitrogens is 3. The molecule has 1 N–H and O–H groups in total. The smallest absolute Gasteiger partial charge is 0.0983 e. The molecule has 0 aliphatic heterocycles. The van der Waals surface area contributed by atoms with E-state index in [1.54, 1.807) is 6.20 Å². The second-order valence-corrected chi connectivity index (χ2v) is 6.94. The fourth-order valence-electron chi connectivity index (χ4n) is 3.14. The topological polar surface area (TPSA) is 46.0 Å². The summed E-state index contributed by atoms with van der Waals surface area (Å²) in [4.78, 5) is 6.47. The second kappa shape index (κ2) is 8.25. The molecule has 5 nitrogen and oxygen atoms in total. The summed E-state index contributed by atoms with van der Waals surface area (Å²) >= 11 is 0. The zero-order valence-electron chi connectivity index (χ0n) is 16.0. The van der Waals surface area contributed by atoms with Crippen molar-refractivity contribution in [3.63, 3.8) is 0 Å². The highest BCUT2D eigenvalue weighted by molar-refractivity contribution is 5.61. The minimum atomic E-state index is 0.328. The van der Waals surface area contributed by atoms with Crippen molar-refractivity contribution in [3.8, 4) is 11.3 Å². The van der Waals surface area contributed by atoms with Gasteiger partial charge in [0.25, 0.3) is 0 Å². The first-order valence-corrected chi connectivity index (χ1v) is 8.91. The highest BCUT2D eigenvalue weighted by Crippen LogP contribution is 2.22. The Kier molecular flexibility index (Phi) is 5.81. The van der Waals surface area contributed by atoms with E-state index in [9.17, 15) is 0 Å². The van der Waals surface area contributed by atoms with Crippen molar-refractivity contribution in [1.29, 1.82) is 0 Å². The van der Waals surface area contributed by atoms with Gasteiger partial charge in [-0.25, -0.2) is 0 Å². The predicted molar refractivity (Wildman–Crippen MR) is 106 cm³/mol. The van der Waals surface area contributed by atoms with Crippen LogP contribution in [0.1, 0.15) is 22.7 Å². The Balaban J connectivity index is 1.70. The van der Waals surface area contributed by atoms with Crippen molar-refractivity contribution in [2.75, 3.05) is 20.6 Å².